The molecule has 0 bridgehead atoms. The second-order valence-corrected chi connectivity index (χ2v) is 3.58. The van der Waals surface area contributed by atoms with Crippen molar-refractivity contribution in [3.05, 3.63) is 29.8 Å². The largest absolute Gasteiger partial charge is 0.492 e. The summed E-state index contributed by atoms with van der Waals surface area (Å²) >= 11 is 0. The highest BCUT2D eigenvalue weighted by atomic mass is 16.5. The predicted molar refractivity (Wildman–Crippen MR) is 60.5 cm³/mol. The molecule has 0 saturated carbocycles. The topological polar surface area (TPSA) is 38.3 Å². The minimum atomic E-state index is 0.0742. The minimum absolute atomic E-state index is 0.0742. The van der Waals surface area contributed by atoms with Crippen molar-refractivity contribution in [3.63, 3.8) is 0 Å². The molecule has 1 N–H and O–H groups in total. The van der Waals surface area contributed by atoms with Gasteiger partial charge in [0, 0.05) is 11.6 Å². The normalized spacial score (nSPS) is 12.2. The van der Waals surface area contributed by atoms with Crippen molar-refractivity contribution in [1.29, 1.82) is 0 Å². The zero-order valence-electron chi connectivity index (χ0n) is 9.41. The molecule has 1 aromatic rings. The fourth-order valence-corrected chi connectivity index (χ4v) is 1.09. The van der Waals surface area contributed by atoms with Gasteiger partial charge in [-0.3, -0.25) is 4.79 Å². The van der Waals surface area contributed by atoms with E-state index in [1.807, 2.05) is 26.1 Å². The second-order valence-electron chi connectivity index (χ2n) is 3.58. The van der Waals surface area contributed by atoms with Crippen LogP contribution in [0.15, 0.2) is 24.3 Å². The summed E-state index contributed by atoms with van der Waals surface area (Å²) in [4.78, 5) is 11.0. The number of Topliss-reactive ketones (excluding diaryl/α,β-unsaturated/α-hetero) is 1. The van der Waals surface area contributed by atoms with E-state index in [1.54, 1.807) is 19.1 Å². The number of likely N-dealkylation sites (N-methyl/N-ethyl adjacent to an activating group) is 1. The Balaban J connectivity index is 2.53. The van der Waals surface area contributed by atoms with Crippen LogP contribution in [0.4, 0.5) is 0 Å². The third kappa shape index (κ3) is 3.72. The number of hydrogen-bond acceptors (Lipinski definition) is 3. The standard InChI is InChI=1S/C12H17NO2/c1-9(13-3)8-15-12-6-4-11(5-7-12)10(2)14/h4-7,9,13H,8H2,1-3H3. The molecule has 1 atom stereocenters. The van der Waals surface area contributed by atoms with E-state index in [4.69, 9.17) is 4.74 Å². The van der Waals surface area contributed by atoms with Crippen LogP contribution in [0.25, 0.3) is 0 Å². The van der Waals surface area contributed by atoms with E-state index in [0.29, 0.717) is 18.2 Å². The molecule has 3 nitrogen and oxygen atoms in total. The Kier molecular flexibility index (Phi) is 4.31. The van der Waals surface area contributed by atoms with Gasteiger partial charge in [0.2, 0.25) is 0 Å². The van der Waals surface area contributed by atoms with Gasteiger partial charge in [-0.2, -0.15) is 0 Å². The van der Waals surface area contributed by atoms with Crippen molar-refractivity contribution in [2.45, 2.75) is 19.9 Å². The average molecular weight is 207 g/mol. The molecule has 3 heteroatoms. The number of nitrogens with one attached hydrogen (secondary N) is 1. The van der Waals surface area contributed by atoms with Gasteiger partial charge in [0.05, 0.1) is 0 Å². The monoisotopic (exact) mass is 207 g/mol. The quantitative estimate of drug-likeness (QED) is 0.749. The molecule has 1 aromatic carbocycles. The van der Waals surface area contributed by atoms with Gasteiger partial charge >= 0.3 is 0 Å². The van der Waals surface area contributed by atoms with E-state index < -0.39 is 0 Å². The summed E-state index contributed by atoms with van der Waals surface area (Å²) in [6.07, 6.45) is 0. The number of benzene rings is 1. The number of rotatable bonds is 5. The molecule has 0 aliphatic heterocycles. The Morgan fingerprint density at radius 2 is 2.00 bits per heavy atom. The molecular weight excluding hydrogens is 190 g/mol. The number of ether oxygens (including phenoxy) is 1. The molecule has 0 amide bonds. The van der Waals surface area contributed by atoms with E-state index in [0.717, 1.165) is 5.75 Å². The molecule has 15 heavy (non-hydrogen) atoms. The predicted octanol–water partition coefficient (Wildman–Crippen LogP) is 1.88. The minimum Gasteiger partial charge on any atom is -0.492 e. The molecule has 82 valence electrons. The summed E-state index contributed by atoms with van der Waals surface area (Å²) < 4.78 is 5.52. The Morgan fingerprint density at radius 3 is 2.47 bits per heavy atom. The number of carbonyl (C=O) groups is 1. The lowest BCUT2D eigenvalue weighted by molar-refractivity contribution is 0.101. The molecule has 0 spiro atoms. The maximum Gasteiger partial charge on any atom is 0.159 e. The first-order valence-corrected chi connectivity index (χ1v) is 5.04. The molecule has 0 heterocycles. The van der Waals surface area contributed by atoms with E-state index in [1.165, 1.54) is 0 Å². The summed E-state index contributed by atoms with van der Waals surface area (Å²) in [6.45, 7) is 4.22. The number of carbonyl (C=O) groups excluding carboxylic acids is 1. The lowest BCUT2D eigenvalue weighted by Crippen LogP contribution is -2.28. The van der Waals surface area contributed by atoms with Crippen molar-refractivity contribution in [3.8, 4) is 5.75 Å². The van der Waals surface area contributed by atoms with Gasteiger partial charge in [-0.25, -0.2) is 0 Å². The van der Waals surface area contributed by atoms with Crippen LogP contribution in [-0.4, -0.2) is 25.5 Å². The molecule has 1 unspecified atom stereocenters. The van der Waals surface area contributed by atoms with Gasteiger partial charge in [0.15, 0.2) is 5.78 Å². The molecule has 0 saturated heterocycles. The molecular formula is C12H17NO2. The van der Waals surface area contributed by atoms with E-state index in [9.17, 15) is 4.79 Å². The summed E-state index contributed by atoms with van der Waals surface area (Å²) in [5.74, 6) is 0.868. The Bertz CT molecular complexity index is 319. The fraction of sp³-hybridized carbons (Fsp3) is 0.417. The van der Waals surface area contributed by atoms with Crippen LogP contribution in [0.5, 0.6) is 5.75 Å². The van der Waals surface area contributed by atoms with Gasteiger partial charge in [-0.05, 0) is 45.2 Å². The van der Waals surface area contributed by atoms with Crippen molar-refractivity contribution in [2.24, 2.45) is 0 Å². The van der Waals surface area contributed by atoms with Crippen LogP contribution >= 0.6 is 0 Å². The highest BCUT2D eigenvalue weighted by Gasteiger charge is 2.01. The molecule has 0 fully saturated rings. The van der Waals surface area contributed by atoms with Gasteiger partial charge in [-0.15, -0.1) is 0 Å². The van der Waals surface area contributed by atoms with E-state index in [-0.39, 0.29) is 5.78 Å². The van der Waals surface area contributed by atoms with Gasteiger partial charge in [0.1, 0.15) is 12.4 Å². The Morgan fingerprint density at radius 1 is 1.40 bits per heavy atom. The zero-order chi connectivity index (χ0) is 11.3. The van der Waals surface area contributed by atoms with Crippen LogP contribution in [-0.2, 0) is 0 Å². The Hall–Kier alpha value is -1.35. The van der Waals surface area contributed by atoms with E-state index in [2.05, 4.69) is 5.32 Å². The SMILES string of the molecule is CNC(C)COc1ccc(C(C)=O)cc1. The van der Waals surface area contributed by atoms with Crippen LogP contribution in [0.1, 0.15) is 24.2 Å². The molecule has 0 aliphatic carbocycles. The summed E-state index contributed by atoms with van der Waals surface area (Å²) in [7, 11) is 1.90. The van der Waals surface area contributed by atoms with Gasteiger partial charge in [0.25, 0.3) is 0 Å². The van der Waals surface area contributed by atoms with Crippen LogP contribution in [0.2, 0.25) is 0 Å². The maximum absolute atomic E-state index is 11.0. The number of ketones is 1. The maximum atomic E-state index is 11.0. The van der Waals surface area contributed by atoms with Crippen molar-refractivity contribution < 1.29 is 9.53 Å². The van der Waals surface area contributed by atoms with Crippen molar-refractivity contribution in [2.75, 3.05) is 13.7 Å². The smallest absolute Gasteiger partial charge is 0.159 e. The Labute approximate surface area is 90.4 Å². The summed E-state index contributed by atoms with van der Waals surface area (Å²) in [6, 6.07) is 7.51. The van der Waals surface area contributed by atoms with E-state index >= 15 is 0 Å². The van der Waals surface area contributed by atoms with Gasteiger partial charge in [-0.1, -0.05) is 0 Å². The second kappa shape index (κ2) is 5.51. The van der Waals surface area contributed by atoms with Gasteiger partial charge < -0.3 is 10.1 Å². The van der Waals surface area contributed by atoms with Crippen molar-refractivity contribution in [1.82, 2.24) is 5.32 Å². The fourth-order valence-electron chi connectivity index (χ4n) is 1.09. The van der Waals surface area contributed by atoms with Crippen LogP contribution in [0.3, 0.4) is 0 Å². The van der Waals surface area contributed by atoms with Crippen LogP contribution in [0, 0.1) is 0 Å². The third-order valence-corrected chi connectivity index (χ3v) is 2.25. The third-order valence-electron chi connectivity index (χ3n) is 2.25. The first kappa shape index (κ1) is 11.7. The number of hydrogen-bond donors (Lipinski definition) is 1. The molecule has 0 aliphatic rings. The first-order valence-electron chi connectivity index (χ1n) is 5.04. The molecule has 0 aromatic heterocycles. The molecule has 0 radical (unpaired) electrons. The average Bonchev–Trinajstić information content (AvgIpc) is 2.26. The molecule has 1 rings (SSSR count). The van der Waals surface area contributed by atoms with Crippen LogP contribution < -0.4 is 10.1 Å². The lowest BCUT2D eigenvalue weighted by atomic mass is 10.1. The lowest BCUT2D eigenvalue weighted by Gasteiger charge is -2.11. The highest BCUT2D eigenvalue weighted by molar-refractivity contribution is 5.94. The van der Waals surface area contributed by atoms with Crippen molar-refractivity contribution >= 4 is 5.78 Å². The zero-order valence-corrected chi connectivity index (χ0v) is 9.41. The highest BCUT2D eigenvalue weighted by Crippen LogP contribution is 2.12. The summed E-state index contributed by atoms with van der Waals surface area (Å²) in [5.41, 5.74) is 0.712. The first-order chi connectivity index (χ1) is 7.13. The summed E-state index contributed by atoms with van der Waals surface area (Å²) in [5, 5.41) is 3.09.